The predicted molar refractivity (Wildman–Crippen MR) is 228 cm³/mol. The van der Waals surface area contributed by atoms with Gasteiger partial charge in [0.25, 0.3) is 5.91 Å². The maximum absolute atomic E-state index is 13.7. The standard InChI is InChI=1S/C40H48N8O12P2/c1-5-42-29-17-32-27(15-23(29)3)36(28-16-24(4)30(43-6-2)18-33(28)58-32)25-9-7-8-10-26(25)40(50)44-11-12-55-13-14-56-61(51,52)60-62(53,54)57-20-34-31(49)19-35(59-34)48-22-47-37-38(41)45-21-46-39(37)48/h7-10,15-18,21-22,31,34-35,42,49H,5-6,11-14,19-20H2,1-4H3,(H,44,50)(H,51,52)(H,53,54)(H2,41,45,46)/t31-,34+,35+/m0/s1. The van der Waals surface area contributed by atoms with Crippen LogP contribution >= 0.6 is 15.6 Å². The zero-order valence-corrected chi connectivity index (χ0v) is 36.2. The molecule has 2 aromatic heterocycles. The summed E-state index contributed by atoms with van der Waals surface area (Å²) in [5.74, 6) is 0.429. The van der Waals surface area contributed by atoms with E-state index in [4.69, 9.17) is 28.7 Å². The van der Waals surface area contributed by atoms with Crippen molar-refractivity contribution in [3.63, 3.8) is 0 Å². The molecule has 7 N–H and O–H groups in total. The van der Waals surface area contributed by atoms with Crippen LogP contribution in [0, 0.1) is 13.8 Å². The molecule has 1 fully saturated rings. The molecule has 0 radical (unpaired) electrons. The molecule has 3 aliphatic rings. The molecule has 0 saturated carbocycles. The number of rotatable bonds is 18. The summed E-state index contributed by atoms with van der Waals surface area (Å²) in [6.45, 7) is 8.02. The van der Waals surface area contributed by atoms with Crippen LogP contribution in [0.5, 0.6) is 0 Å². The van der Waals surface area contributed by atoms with E-state index in [0.717, 1.165) is 45.2 Å². The molecule has 22 heteroatoms. The first-order chi connectivity index (χ1) is 29.7. The Morgan fingerprint density at radius 1 is 1.00 bits per heavy atom. The number of nitrogen functional groups attached to an aromatic ring is 1. The average Bonchev–Trinajstić information content (AvgIpc) is 3.83. The molecule has 4 aromatic rings. The number of phosphoric ester groups is 2. The highest BCUT2D eigenvalue weighted by Crippen LogP contribution is 2.60. The van der Waals surface area contributed by atoms with E-state index in [0.29, 0.717) is 40.2 Å². The van der Waals surface area contributed by atoms with Crippen LogP contribution in [0.3, 0.4) is 0 Å². The van der Waals surface area contributed by atoms with Gasteiger partial charge in [-0.05, 0) is 62.6 Å². The zero-order chi connectivity index (χ0) is 44.2. The van der Waals surface area contributed by atoms with Gasteiger partial charge in [0.1, 0.15) is 35.5 Å². The number of anilines is 2. The maximum Gasteiger partial charge on any atom is 0.481 e. The van der Waals surface area contributed by atoms with Gasteiger partial charge in [-0.2, -0.15) is 4.31 Å². The highest BCUT2D eigenvalue weighted by atomic mass is 31.3. The van der Waals surface area contributed by atoms with Crippen molar-refractivity contribution in [1.82, 2.24) is 24.8 Å². The molecule has 2 unspecified atom stereocenters. The normalized spacial score (nSPS) is 19.0. The van der Waals surface area contributed by atoms with Crippen LogP contribution < -0.4 is 21.7 Å². The zero-order valence-electron chi connectivity index (χ0n) is 34.4. The van der Waals surface area contributed by atoms with Gasteiger partial charge in [-0.25, -0.2) is 24.1 Å². The van der Waals surface area contributed by atoms with E-state index in [9.17, 15) is 28.8 Å². The molecule has 62 heavy (non-hydrogen) atoms. The quantitative estimate of drug-likeness (QED) is 0.0365. The summed E-state index contributed by atoms with van der Waals surface area (Å²) in [4.78, 5) is 50.8. The monoisotopic (exact) mass is 894 g/mol. The van der Waals surface area contributed by atoms with Gasteiger partial charge in [0.2, 0.25) is 0 Å². The molecule has 0 bridgehead atoms. The Balaban J connectivity index is 0.919. The third-order valence-electron chi connectivity index (χ3n) is 10.0. The Kier molecular flexibility index (Phi) is 13.8. The number of hydrogen-bond donors (Lipinski definition) is 6. The molecule has 0 spiro atoms. The third-order valence-corrected chi connectivity index (χ3v) is 12.7. The second-order valence-electron chi connectivity index (χ2n) is 14.4. The number of amides is 1. The minimum absolute atomic E-state index is 0.000743. The second kappa shape index (κ2) is 19.1. The number of fused-ring (bicyclic) bond motifs is 3. The predicted octanol–water partition coefficient (Wildman–Crippen LogP) is 5.24. The van der Waals surface area contributed by atoms with E-state index < -0.39 is 47.3 Å². The van der Waals surface area contributed by atoms with E-state index in [1.165, 1.54) is 17.2 Å². The summed E-state index contributed by atoms with van der Waals surface area (Å²) in [6.07, 6.45) is -0.333. The summed E-state index contributed by atoms with van der Waals surface area (Å²) in [7, 11) is -10.3. The lowest BCUT2D eigenvalue weighted by Crippen LogP contribution is -2.28. The first kappa shape index (κ1) is 44.9. The fraction of sp³-hybridized carbons (Fsp3) is 0.375. The fourth-order valence-electron chi connectivity index (χ4n) is 7.21. The smallest absolute Gasteiger partial charge is 0.456 e. The summed E-state index contributed by atoms with van der Waals surface area (Å²) < 4.78 is 58.4. The Morgan fingerprint density at radius 3 is 2.58 bits per heavy atom. The Labute approximate surface area is 355 Å². The van der Waals surface area contributed by atoms with Crippen LogP contribution in [0.1, 0.15) is 48.0 Å². The van der Waals surface area contributed by atoms with Crippen molar-refractivity contribution in [2.45, 2.75) is 52.6 Å². The van der Waals surface area contributed by atoms with Crippen molar-refractivity contribution < 1.29 is 56.1 Å². The number of carbonyl (C=O) groups is 1. The summed E-state index contributed by atoms with van der Waals surface area (Å²) in [6, 6.07) is 15.3. The molecule has 4 heterocycles. The molecule has 1 saturated heterocycles. The number of phosphoric acid groups is 2. The minimum atomic E-state index is -5.18. The van der Waals surface area contributed by atoms with Crippen molar-refractivity contribution in [2.75, 3.05) is 57.1 Å². The number of nitrogens with two attached hydrogens (primary N) is 1. The summed E-state index contributed by atoms with van der Waals surface area (Å²) >= 11 is 0. The number of aliphatic hydroxyl groups excluding tert-OH is 1. The SMILES string of the molecule is CCN=c1cc2oc3cc(NCC)c(C)cc3c(-c3ccccc3C(=O)NCCOCCOP(=O)(O)OP(=O)(O)OC[C@H]3O[C@@H](n4cnc5c(N)ncnc54)C[C@@H]3O)c-2cc1C. The number of aromatic nitrogens is 4. The maximum atomic E-state index is 13.7. The molecule has 20 nitrogen and oxygen atoms in total. The van der Waals surface area contributed by atoms with E-state index in [2.05, 4.69) is 41.0 Å². The third kappa shape index (κ3) is 10.1. The number of nitrogens with one attached hydrogen (secondary N) is 2. The van der Waals surface area contributed by atoms with Crippen LogP contribution in [0.25, 0.3) is 44.6 Å². The highest BCUT2D eigenvalue weighted by molar-refractivity contribution is 7.61. The molecule has 330 valence electrons. The molecular formula is C40H48N8O12P2. The van der Waals surface area contributed by atoms with Crippen molar-refractivity contribution in [2.24, 2.45) is 4.99 Å². The molecule has 1 aliphatic carbocycles. The van der Waals surface area contributed by atoms with Crippen molar-refractivity contribution in [3.05, 3.63) is 83.2 Å². The van der Waals surface area contributed by atoms with Crippen LogP contribution in [0.2, 0.25) is 0 Å². The number of benzene rings is 3. The Hall–Kier alpha value is -5.11. The number of ether oxygens (including phenoxy) is 2. The summed E-state index contributed by atoms with van der Waals surface area (Å²) in [5, 5.41) is 18.4. The van der Waals surface area contributed by atoms with E-state index in [1.807, 2.05) is 58.0 Å². The van der Waals surface area contributed by atoms with E-state index >= 15 is 0 Å². The van der Waals surface area contributed by atoms with E-state index in [-0.39, 0.29) is 37.9 Å². The number of nitrogens with zero attached hydrogens (tertiary/aromatic N) is 5. The van der Waals surface area contributed by atoms with Crippen molar-refractivity contribution in [3.8, 4) is 22.5 Å². The lowest BCUT2D eigenvalue weighted by Gasteiger charge is -2.20. The van der Waals surface area contributed by atoms with Crippen LogP contribution in [-0.2, 0) is 32.0 Å². The van der Waals surface area contributed by atoms with Gasteiger partial charge in [0.05, 0.1) is 44.2 Å². The van der Waals surface area contributed by atoms with Gasteiger partial charge in [0, 0.05) is 66.0 Å². The number of hydrogen-bond acceptors (Lipinski definition) is 16. The molecule has 7 rings (SSSR count). The molecular weight excluding hydrogens is 846 g/mol. The van der Waals surface area contributed by atoms with Crippen molar-refractivity contribution in [1.29, 1.82) is 0 Å². The Bertz CT molecular complexity index is 2730. The number of imidazole rings is 1. The van der Waals surface area contributed by atoms with Gasteiger partial charge in [-0.15, -0.1) is 0 Å². The molecule has 2 aliphatic heterocycles. The molecule has 2 aromatic carbocycles. The lowest BCUT2D eigenvalue weighted by atomic mass is 9.89. The van der Waals surface area contributed by atoms with Gasteiger partial charge in [0.15, 0.2) is 11.5 Å². The van der Waals surface area contributed by atoms with E-state index in [1.54, 1.807) is 12.1 Å². The number of aryl methyl sites for hydroxylation is 2. The van der Waals surface area contributed by atoms with Crippen LogP contribution in [-0.4, -0.2) is 98.6 Å². The highest BCUT2D eigenvalue weighted by Gasteiger charge is 2.40. The summed E-state index contributed by atoms with van der Waals surface area (Å²) in [5.41, 5.74) is 12.9. The number of aliphatic hydroxyl groups is 1. The topological polar surface area (TPSA) is 277 Å². The van der Waals surface area contributed by atoms with Crippen LogP contribution in [0.4, 0.5) is 11.5 Å². The first-order valence-corrected chi connectivity index (χ1v) is 22.8. The number of carbonyl (C=O) groups excluding carboxylic acids is 1. The minimum Gasteiger partial charge on any atom is -0.456 e. The first-order valence-electron chi connectivity index (χ1n) is 19.8. The lowest BCUT2D eigenvalue weighted by molar-refractivity contribution is -0.0425. The second-order valence-corrected chi connectivity index (χ2v) is 17.4. The fourth-order valence-corrected chi connectivity index (χ4v) is 9.27. The van der Waals surface area contributed by atoms with Gasteiger partial charge in [-0.3, -0.25) is 23.4 Å². The van der Waals surface area contributed by atoms with Gasteiger partial charge in [-0.1, -0.05) is 18.2 Å². The largest absolute Gasteiger partial charge is 0.481 e. The van der Waals surface area contributed by atoms with Crippen LogP contribution in [0.15, 0.2) is 70.6 Å². The molecule has 5 atom stereocenters. The van der Waals surface area contributed by atoms with Gasteiger partial charge >= 0.3 is 15.6 Å². The van der Waals surface area contributed by atoms with Gasteiger partial charge < -0.3 is 45.2 Å². The molecule has 1 amide bonds. The average molecular weight is 895 g/mol. The van der Waals surface area contributed by atoms with Crippen molar-refractivity contribution >= 4 is 55.2 Å². The Morgan fingerprint density at radius 2 is 1.79 bits per heavy atom.